The lowest BCUT2D eigenvalue weighted by atomic mass is 10.1. The molecule has 0 saturated heterocycles. The Hall–Kier alpha value is -3.06. The van der Waals surface area contributed by atoms with E-state index in [9.17, 15) is 10.1 Å². The average molecular weight is 346 g/mol. The van der Waals surface area contributed by atoms with Gasteiger partial charge in [-0.05, 0) is 18.2 Å². The number of aromatic nitrogens is 1. The first kappa shape index (κ1) is 15.8. The van der Waals surface area contributed by atoms with E-state index in [0.29, 0.717) is 33.1 Å². The molecule has 0 spiro atoms. The number of halogens is 1. The molecule has 0 bridgehead atoms. The molecule has 0 unspecified atom stereocenters. The van der Waals surface area contributed by atoms with Crippen molar-refractivity contribution in [1.82, 2.24) is 4.98 Å². The fourth-order valence-electron chi connectivity index (χ4n) is 2.23. The zero-order chi connectivity index (χ0) is 17.3. The number of methoxy groups -OCH3 is 1. The number of hydrogen-bond acceptors (Lipinski definition) is 6. The molecule has 0 aliphatic heterocycles. The molecule has 0 saturated carbocycles. The number of ether oxygens (including phenoxy) is 2. The van der Waals surface area contributed by atoms with Gasteiger partial charge in [0.1, 0.15) is 11.5 Å². The molecular formula is C16H12ClN3O4. The van der Waals surface area contributed by atoms with E-state index < -0.39 is 4.92 Å². The molecular weight excluding hydrogens is 334 g/mol. The maximum Gasteiger partial charge on any atom is 0.311 e. The summed E-state index contributed by atoms with van der Waals surface area (Å²) in [6, 6.07) is 9.33. The molecule has 3 aromatic rings. The normalized spacial score (nSPS) is 10.6. The Morgan fingerprint density at radius 1 is 1.21 bits per heavy atom. The molecule has 0 aliphatic carbocycles. The summed E-state index contributed by atoms with van der Waals surface area (Å²) >= 11 is 5.98. The van der Waals surface area contributed by atoms with Crippen molar-refractivity contribution in [2.75, 3.05) is 12.8 Å². The van der Waals surface area contributed by atoms with E-state index in [-0.39, 0.29) is 11.4 Å². The SMILES string of the molecule is COc1cc2nccc(Oc3ccc(N)c(Cl)c3)c2cc1[N+](=O)[O-]. The van der Waals surface area contributed by atoms with Crippen molar-refractivity contribution < 1.29 is 14.4 Å². The summed E-state index contributed by atoms with van der Waals surface area (Å²) in [5, 5.41) is 12.1. The largest absolute Gasteiger partial charge is 0.490 e. The zero-order valence-electron chi connectivity index (χ0n) is 12.5. The summed E-state index contributed by atoms with van der Waals surface area (Å²) in [5.74, 6) is 0.999. The van der Waals surface area contributed by atoms with Crippen LogP contribution in [0.3, 0.4) is 0 Å². The van der Waals surface area contributed by atoms with E-state index in [4.69, 9.17) is 26.8 Å². The number of pyridine rings is 1. The fourth-order valence-corrected chi connectivity index (χ4v) is 2.40. The second-order valence-corrected chi connectivity index (χ2v) is 5.30. The summed E-state index contributed by atoms with van der Waals surface area (Å²) in [5.41, 5.74) is 6.45. The van der Waals surface area contributed by atoms with E-state index in [2.05, 4.69) is 4.98 Å². The number of rotatable bonds is 4. The smallest absolute Gasteiger partial charge is 0.311 e. The van der Waals surface area contributed by atoms with Gasteiger partial charge in [0.15, 0.2) is 5.75 Å². The van der Waals surface area contributed by atoms with Gasteiger partial charge in [-0.25, -0.2) is 0 Å². The van der Waals surface area contributed by atoms with Gasteiger partial charge in [-0.15, -0.1) is 0 Å². The Labute approximate surface area is 141 Å². The van der Waals surface area contributed by atoms with E-state index in [1.165, 1.54) is 19.2 Å². The molecule has 2 aromatic carbocycles. The fraction of sp³-hybridized carbons (Fsp3) is 0.0625. The van der Waals surface area contributed by atoms with Crippen molar-refractivity contribution in [3.8, 4) is 17.2 Å². The number of nitrogen functional groups attached to an aromatic ring is 1. The van der Waals surface area contributed by atoms with E-state index >= 15 is 0 Å². The lowest BCUT2D eigenvalue weighted by molar-refractivity contribution is -0.385. The Kier molecular flexibility index (Phi) is 4.09. The third-order valence-corrected chi connectivity index (χ3v) is 3.73. The molecule has 8 heteroatoms. The molecule has 2 N–H and O–H groups in total. The highest BCUT2D eigenvalue weighted by Gasteiger charge is 2.18. The third kappa shape index (κ3) is 2.89. The van der Waals surface area contributed by atoms with Crippen LogP contribution in [0.5, 0.6) is 17.2 Å². The van der Waals surface area contributed by atoms with E-state index in [1.807, 2.05) is 0 Å². The number of hydrogen-bond donors (Lipinski definition) is 1. The molecule has 3 rings (SSSR count). The lowest BCUT2D eigenvalue weighted by Gasteiger charge is -2.10. The first-order valence-electron chi connectivity index (χ1n) is 6.83. The van der Waals surface area contributed by atoms with Crippen LogP contribution in [-0.2, 0) is 0 Å². The molecule has 0 fully saturated rings. The van der Waals surface area contributed by atoms with Crippen LogP contribution in [0, 0.1) is 10.1 Å². The number of nitrogens with two attached hydrogens (primary N) is 1. The minimum atomic E-state index is -0.519. The molecule has 0 atom stereocenters. The van der Waals surface area contributed by atoms with Crippen LogP contribution in [0.25, 0.3) is 10.9 Å². The molecule has 122 valence electrons. The highest BCUT2D eigenvalue weighted by atomic mass is 35.5. The van der Waals surface area contributed by atoms with Crippen molar-refractivity contribution in [3.05, 3.63) is 57.7 Å². The van der Waals surface area contributed by atoms with Gasteiger partial charge in [0, 0.05) is 24.4 Å². The molecule has 24 heavy (non-hydrogen) atoms. The Morgan fingerprint density at radius 3 is 2.67 bits per heavy atom. The Balaban J connectivity index is 2.12. The van der Waals surface area contributed by atoms with Crippen LogP contribution in [0.1, 0.15) is 0 Å². The van der Waals surface area contributed by atoms with Crippen LogP contribution in [-0.4, -0.2) is 17.0 Å². The lowest BCUT2D eigenvalue weighted by Crippen LogP contribution is -1.96. The maximum atomic E-state index is 11.2. The standard InChI is InChI=1S/C16H12ClN3O4/c1-23-16-8-13-10(7-14(16)20(21)22)15(4-5-19-13)24-9-2-3-12(18)11(17)6-9/h2-8H,18H2,1H3. The molecule has 1 aromatic heterocycles. The van der Waals surface area contributed by atoms with E-state index in [0.717, 1.165) is 0 Å². The Morgan fingerprint density at radius 2 is 2.00 bits per heavy atom. The first-order valence-corrected chi connectivity index (χ1v) is 7.21. The van der Waals surface area contributed by atoms with Gasteiger partial charge in [0.05, 0.1) is 33.6 Å². The monoisotopic (exact) mass is 345 g/mol. The predicted octanol–water partition coefficient (Wildman–Crippen LogP) is 4.18. The van der Waals surface area contributed by atoms with Gasteiger partial charge in [-0.1, -0.05) is 11.6 Å². The van der Waals surface area contributed by atoms with Gasteiger partial charge in [0.25, 0.3) is 0 Å². The summed E-state index contributed by atoms with van der Waals surface area (Å²) in [7, 11) is 1.37. The highest BCUT2D eigenvalue weighted by molar-refractivity contribution is 6.33. The second-order valence-electron chi connectivity index (χ2n) is 4.89. The van der Waals surface area contributed by atoms with Crippen molar-refractivity contribution in [1.29, 1.82) is 0 Å². The molecule has 1 heterocycles. The third-order valence-electron chi connectivity index (χ3n) is 3.40. The molecule has 0 amide bonds. The number of nitrogens with zero attached hydrogens (tertiary/aromatic N) is 2. The summed E-state index contributed by atoms with van der Waals surface area (Å²) < 4.78 is 10.8. The molecule has 7 nitrogen and oxygen atoms in total. The van der Waals surface area contributed by atoms with Crippen molar-refractivity contribution in [2.45, 2.75) is 0 Å². The van der Waals surface area contributed by atoms with Crippen LogP contribution in [0.2, 0.25) is 5.02 Å². The van der Waals surface area contributed by atoms with Gasteiger partial charge in [-0.3, -0.25) is 15.1 Å². The minimum Gasteiger partial charge on any atom is -0.490 e. The molecule has 0 aliphatic rings. The van der Waals surface area contributed by atoms with Gasteiger partial charge >= 0.3 is 5.69 Å². The Bertz CT molecular complexity index is 946. The summed E-state index contributed by atoms with van der Waals surface area (Å²) in [6.45, 7) is 0. The van der Waals surface area contributed by atoms with Crippen molar-refractivity contribution >= 4 is 33.9 Å². The average Bonchev–Trinajstić information content (AvgIpc) is 2.57. The quantitative estimate of drug-likeness (QED) is 0.432. The van der Waals surface area contributed by atoms with Crippen LogP contribution >= 0.6 is 11.6 Å². The highest BCUT2D eigenvalue weighted by Crippen LogP contribution is 2.37. The zero-order valence-corrected chi connectivity index (χ0v) is 13.3. The number of fused-ring (bicyclic) bond motifs is 1. The topological polar surface area (TPSA) is 101 Å². The maximum absolute atomic E-state index is 11.2. The van der Waals surface area contributed by atoms with Crippen LogP contribution < -0.4 is 15.2 Å². The molecule has 0 radical (unpaired) electrons. The number of benzene rings is 2. The number of nitro benzene ring substituents is 1. The van der Waals surface area contributed by atoms with Gasteiger partial charge in [-0.2, -0.15) is 0 Å². The minimum absolute atomic E-state index is 0.132. The van der Waals surface area contributed by atoms with E-state index in [1.54, 1.807) is 30.5 Å². The van der Waals surface area contributed by atoms with Gasteiger partial charge in [0.2, 0.25) is 0 Å². The summed E-state index contributed by atoms with van der Waals surface area (Å²) in [4.78, 5) is 14.9. The van der Waals surface area contributed by atoms with Crippen LogP contribution in [0.4, 0.5) is 11.4 Å². The second kappa shape index (κ2) is 6.21. The number of nitro groups is 1. The van der Waals surface area contributed by atoms with Gasteiger partial charge < -0.3 is 15.2 Å². The van der Waals surface area contributed by atoms with Crippen LogP contribution in [0.15, 0.2) is 42.6 Å². The summed E-state index contributed by atoms with van der Waals surface area (Å²) in [6.07, 6.45) is 1.54. The predicted molar refractivity (Wildman–Crippen MR) is 90.9 cm³/mol. The first-order chi connectivity index (χ1) is 11.5. The number of anilines is 1. The van der Waals surface area contributed by atoms with Crippen molar-refractivity contribution in [3.63, 3.8) is 0 Å². The van der Waals surface area contributed by atoms with Crippen molar-refractivity contribution in [2.24, 2.45) is 0 Å².